The number of nitrogens with one attached hydrogen (secondary N) is 1. The monoisotopic (exact) mass is 269 g/mol. The first-order valence-electron chi connectivity index (χ1n) is 6.71. The Morgan fingerprint density at radius 3 is 2.15 bits per heavy atom. The summed E-state index contributed by atoms with van der Waals surface area (Å²) < 4.78 is 0. The molecule has 1 unspecified atom stereocenters. The van der Waals surface area contributed by atoms with Crippen LogP contribution < -0.4 is 5.32 Å². The van der Waals surface area contributed by atoms with Gasteiger partial charge in [0.25, 0.3) is 0 Å². The normalized spacial score (nSPS) is 13.4. The molecule has 0 aliphatic carbocycles. The molecule has 0 fully saturated rings. The smallest absolute Gasteiger partial charge is 0.329 e. The molecule has 0 amide bonds. The summed E-state index contributed by atoms with van der Waals surface area (Å²) in [6.45, 7) is 1.73. The molecular weight excluding hydrogens is 250 g/mol. The highest BCUT2D eigenvalue weighted by Crippen LogP contribution is 2.21. The molecule has 3 nitrogen and oxygen atoms in total. The molecule has 1 atom stereocenters. The van der Waals surface area contributed by atoms with Crippen LogP contribution in [0.5, 0.6) is 0 Å². The van der Waals surface area contributed by atoms with Crippen LogP contribution in [0.15, 0.2) is 60.7 Å². The van der Waals surface area contributed by atoms with Crippen LogP contribution in [0, 0.1) is 0 Å². The molecule has 0 bridgehead atoms. The summed E-state index contributed by atoms with van der Waals surface area (Å²) >= 11 is 0. The third-order valence-corrected chi connectivity index (χ3v) is 3.42. The molecule has 0 radical (unpaired) electrons. The Morgan fingerprint density at radius 2 is 1.60 bits per heavy atom. The van der Waals surface area contributed by atoms with Gasteiger partial charge in [-0.3, -0.25) is 0 Å². The van der Waals surface area contributed by atoms with Crippen LogP contribution in [-0.4, -0.2) is 16.6 Å². The van der Waals surface area contributed by atoms with Gasteiger partial charge in [0.1, 0.15) is 5.54 Å². The number of anilines is 1. The highest BCUT2D eigenvalue weighted by Gasteiger charge is 2.32. The standard InChI is InChI=1S/C17H19NO2/c1-17(16(19)20,18-15-10-6-3-7-11-15)13-12-14-8-4-2-5-9-14/h2-11,18H,12-13H2,1H3,(H,19,20). The number of carbonyl (C=O) groups is 1. The summed E-state index contributed by atoms with van der Waals surface area (Å²) in [6.07, 6.45) is 1.25. The van der Waals surface area contributed by atoms with E-state index in [1.165, 1.54) is 0 Å². The zero-order valence-electron chi connectivity index (χ0n) is 11.5. The van der Waals surface area contributed by atoms with Crippen molar-refractivity contribution in [3.63, 3.8) is 0 Å². The van der Waals surface area contributed by atoms with Crippen LogP contribution in [0.4, 0.5) is 5.69 Å². The van der Waals surface area contributed by atoms with Crippen molar-refractivity contribution in [2.75, 3.05) is 5.32 Å². The Balaban J connectivity index is 2.08. The average molecular weight is 269 g/mol. The lowest BCUT2D eigenvalue weighted by Crippen LogP contribution is -2.43. The number of carboxylic acid groups (broad SMARTS) is 1. The molecule has 2 rings (SSSR count). The quantitative estimate of drug-likeness (QED) is 0.842. The number of benzene rings is 2. The van der Waals surface area contributed by atoms with Crippen molar-refractivity contribution in [1.82, 2.24) is 0 Å². The van der Waals surface area contributed by atoms with Crippen molar-refractivity contribution in [3.8, 4) is 0 Å². The van der Waals surface area contributed by atoms with Gasteiger partial charge in [0, 0.05) is 5.69 Å². The molecule has 0 spiro atoms. The number of rotatable bonds is 6. The lowest BCUT2D eigenvalue weighted by molar-refractivity contribution is -0.141. The van der Waals surface area contributed by atoms with Gasteiger partial charge < -0.3 is 10.4 Å². The maximum absolute atomic E-state index is 11.6. The van der Waals surface area contributed by atoms with E-state index < -0.39 is 11.5 Å². The van der Waals surface area contributed by atoms with Crippen molar-refractivity contribution in [3.05, 3.63) is 66.2 Å². The molecule has 0 aliphatic rings. The molecule has 3 heteroatoms. The second-order valence-electron chi connectivity index (χ2n) is 5.11. The topological polar surface area (TPSA) is 49.3 Å². The van der Waals surface area contributed by atoms with E-state index in [1.54, 1.807) is 6.92 Å². The second-order valence-corrected chi connectivity index (χ2v) is 5.11. The van der Waals surface area contributed by atoms with Gasteiger partial charge in [0.2, 0.25) is 0 Å². The van der Waals surface area contributed by atoms with Gasteiger partial charge in [-0.25, -0.2) is 4.79 Å². The number of aryl methyl sites for hydroxylation is 1. The molecule has 20 heavy (non-hydrogen) atoms. The first kappa shape index (κ1) is 14.1. The molecule has 2 N–H and O–H groups in total. The van der Waals surface area contributed by atoms with Crippen LogP contribution in [-0.2, 0) is 11.2 Å². The largest absolute Gasteiger partial charge is 0.480 e. The van der Waals surface area contributed by atoms with Gasteiger partial charge >= 0.3 is 5.97 Å². The summed E-state index contributed by atoms with van der Waals surface area (Å²) in [5.41, 5.74) is 0.997. The lowest BCUT2D eigenvalue weighted by atomic mass is 9.93. The predicted molar refractivity (Wildman–Crippen MR) is 80.9 cm³/mol. The SMILES string of the molecule is CC(CCc1ccccc1)(Nc1ccccc1)C(=O)O. The summed E-state index contributed by atoms with van der Waals surface area (Å²) in [4.78, 5) is 11.6. The van der Waals surface area contributed by atoms with Gasteiger partial charge in [0.15, 0.2) is 0 Å². The summed E-state index contributed by atoms with van der Waals surface area (Å²) in [6, 6.07) is 19.4. The van der Waals surface area contributed by atoms with Crippen LogP contribution in [0.25, 0.3) is 0 Å². The number of hydrogen-bond donors (Lipinski definition) is 2. The second kappa shape index (κ2) is 6.24. The van der Waals surface area contributed by atoms with Crippen molar-refractivity contribution < 1.29 is 9.90 Å². The molecule has 104 valence electrons. The van der Waals surface area contributed by atoms with Crippen molar-refractivity contribution >= 4 is 11.7 Å². The summed E-state index contributed by atoms with van der Waals surface area (Å²) in [7, 11) is 0. The Bertz CT molecular complexity index is 554. The fourth-order valence-electron chi connectivity index (χ4n) is 2.10. The maximum atomic E-state index is 11.6. The van der Waals surface area contributed by atoms with Crippen LogP contribution in [0.2, 0.25) is 0 Å². The number of hydrogen-bond acceptors (Lipinski definition) is 2. The summed E-state index contributed by atoms with van der Waals surface area (Å²) in [5, 5.41) is 12.6. The fraction of sp³-hybridized carbons (Fsp3) is 0.235. The van der Waals surface area contributed by atoms with E-state index in [1.807, 2.05) is 60.7 Å². The third kappa shape index (κ3) is 3.60. The van der Waals surface area contributed by atoms with Crippen molar-refractivity contribution in [2.24, 2.45) is 0 Å². The van der Waals surface area contributed by atoms with E-state index in [0.717, 1.165) is 17.7 Å². The molecule has 2 aromatic carbocycles. The Hall–Kier alpha value is -2.29. The van der Waals surface area contributed by atoms with E-state index in [0.29, 0.717) is 6.42 Å². The van der Waals surface area contributed by atoms with E-state index in [9.17, 15) is 9.90 Å². The average Bonchev–Trinajstić information content (AvgIpc) is 2.47. The Morgan fingerprint density at radius 1 is 1.05 bits per heavy atom. The molecule has 0 aliphatic heterocycles. The van der Waals surface area contributed by atoms with Gasteiger partial charge in [-0.05, 0) is 37.5 Å². The van der Waals surface area contributed by atoms with Gasteiger partial charge in [-0.15, -0.1) is 0 Å². The van der Waals surface area contributed by atoms with E-state index in [-0.39, 0.29) is 0 Å². The van der Waals surface area contributed by atoms with Crippen LogP contribution in [0.1, 0.15) is 18.9 Å². The first-order valence-corrected chi connectivity index (χ1v) is 6.71. The molecule has 0 saturated carbocycles. The highest BCUT2D eigenvalue weighted by atomic mass is 16.4. The zero-order valence-corrected chi connectivity index (χ0v) is 11.5. The summed E-state index contributed by atoms with van der Waals surface area (Å²) in [5.74, 6) is -0.836. The van der Waals surface area contributed by atoms with Crippen LogP contribution in [0.3, 0.4) is 0 Å². The minimum absolute atomic E-state index is 0.529. The first-order chi connectivity index (χ1) is 9.60. The number of aliphatic carboxylic acids is 1. The zero-order chi connectivity index (χ0) is 14.4. The minimum Gasteiger partial charge on any atom is -0.480 e. The highest BCUT2D eigenvalue weighted by molar-refractivity contribution is 5.82. The van der Waals surface area contributed by atoms with Crippen molar-refractivity contribution in [2.45, 2.75) is 25.3 Å². The molecule has 0 saturated heterocycles. The third-order valence-electron chi connectivity index (χ3n) is 3.42. The van der Waals surface area contributed by atoms with Crippen LogP contribution >= 0.6 is 0 Å². The van der Waals surface area contributed by atoms with E-state index in [4.69, 9.17) is 0 Å². The molecular formula is C17H19NO2. The molecule has 0 aromatic heterocycles. The van der Waals surface area contributed by atoms with Crippen molar-refractivity contribution in [1.29, 1.82) is 0 Å². The van der Waals surface area contributed by atoms with Gasteiger partial charge in [-0.1, -0.05) is 48.5 Å². The maximum Gasteiger partial charge on any atom is 0.329 e. The van der Waals surface area contributed by atoms with Gasteiger partial charge in [0.05, 0.1) is 0 Å². The van der Waals surface area contributed by atoms with Gasteiger partial charge in [-0.2, -0.15) is 0 Å². The van der Waals surface area contributed by atoms with E-state index in [2.05, 4.69) is 5.32 Å². The number of para-hydroxylation sites is 1. The number of carboxylic acids is 1. The molecule has 0 heterocycles. The predicted octanol–water partition coefficient (Wildman–Crippen LogP) is 3.57. The Labute approximate surface area is 119 Å². The fourth-order valence-corrected chi connectivity index (χ4v) is 2.10. The molecule has 2 aromatic rings. The Kier molecular flexibility index (Phi) is 4.41. The van der Waals surface area contributed by atoms with E-state index >= 15 is 0 Å². The lowest BCUT2D eigenvalue weighted by Gasteiger charge is -2.27. The minimum atomic E-state index is -0.975.